The molecule has 0 aliphatic rings. The van der Waals surface area contributed by atoms with Crippen LogP contribution in [-0.4, -0.2) is 22.9 Å². The maximum atomic E-state index is 13.5. The summed E-state index contributed by atoms with van der Waals surface area (Å²) in [5.74, 6) is 0.868. The third-order valence-electron chi connectivity index (χ3n) is 7.59. The molecule has 0 bridgehead atoms. The Balaban J connectivity index is 1.41. The minimum Gasteiger partial charge on any atom is -0.351 e. The highest BCUT2D eigenvalue weighted by Crippen LogP contribution is 2.29. The van der Waals surface area contributed by atoms with Gasteiger partial charge in [-0.05, 0) is 64.4 Å². The molecular weight excluding hydrogens is 563 g/mol. The van der Waals surface area contributed by atoms with Crippen LogP contribution in [0.25, 0.3) is 10.9 Å². The van der Waals surface area contributed by atoms with Gasteiger partial charge in [0.05, 0.1) is 5.56 Å². The summed E-state index contributed by atoms with van der Waals surface area (Å²) in [5, 5.41) is 7.07. The standard InChI is InChI=1S/C38H41N3O2S/c1-26(2)23-39-37(43)34-22-29-21-31(19-20-33(29)41(34)24-27-15-17-30(18-16-27)38(3,4)5)40-36(42)32-13-9-10-14-35(32)44-25-28-11-7-6-8-12-28/h6-22,26H,23-25H2,1-5H3,(H,39,43)(H,40,42). The molecule has 5 rings (SSSR count). The monoisotopic (exact) mass is 603 g/mol. The van der Waals surface area contributed by atoms with Crippen molar-refractivity contribution in [1.82, 2.24) is 9.88 Å². The van der Waals surface area contributed by atoms with Crippen LogP contribution >= 0.6 is 11.8 Å². The smallest absolute Gasteiger partial charge is 0.267 e. The van der Waals surface area contributed by atoms with Crippen LogP contribution in [-0.2, 0) is 17.7 Å². The fourth-order valence-electron chi connectivity index (χ4n) is 5.10. The van der Waals surface area contributed by atoms with Gasteiger partial charge in [0.25, 0.3) is 11.8 Å². The number of hydrogen-bond acceptors (Lipinski definition) is 3. The van der Waals surface area contributed by atoms with Gasteiger partial charge in [-0.2, -0.15) is 0 Å². The van der Waals surface area contributed by atoms with E-state index in [4.69, 9.17) is 0 Å². The number of rotatable bonds is 10. The van der Waals surface area contributed by atoms with Gasteiger partial charge < -0.3 is 15.2 Å². The number of anilines is 1. The number of hydrogen-bond donors (Lipinski definition) is 2. The van der Waals surface area contributed by atoms with Gasteiger partial charge in [-0.1, -0.05) is 101 Å². The Bertz CT molecular complexity index is 1750. The van der Waals surface area contributed by atoms with Crippen molar-refractivity contribution in [3.05, 3.63) is 131 Å². The number of thioether (sulfide) groups is 1. The van der Waals surface area contributed by atoms with E-state index in [2.05, 4.69) is 86.2 Å². The SMILES string of the molecule is CC(C)CNC(=O)c1cc2cc(NC(=O)c3ccccc3SCc3ccccc3)ccc2n1Cc1ccc(C(C)(C)C)cc1. The number of carbonyl (C=O) groups is 2. The van der Waals surface area contributed by atoms with Crippen LogP contribution in [0.3, 0.4) is 0 Å². The maximum Gasteiger partial charge on any atom is 0.267 e. The van der Waals surface area contributed by atoms with Crippen molar-refractivity contribution >= 4 is 40.2 Å². The largest absolute Gasteiger partial charge is 0.351 e. The first-order valence-corrected chi connectivity index (χ1v) is 16.1. The Morgan fingerprint density at radius 2 is 1.50 bits per heavy atom. The molecule has 0 atom stereocenters. The molecule has 44 heavy (non-hydrogen) atoms. The number of carbonyl (C=O) groups excluding carboxylic acids is 2. The fourth-order valence-corrected chi connectivity index (χ4v) is 6.11. The van der Waals surface area contributed by atoms with E-state index in [0.717, 1.165) is 27.1 Å². The Morgan fingerprint density at radius 1 is 0.795 bits per heavy atom. The van der Waals surface area contributed by atoms with E-state index in [0.29, 0.717) is 36.0 Å². The van der Waals surface area contributed by atoms with E-state index in [-0.39, 0.29) is 17.2 Å². The van der Waals surface area contributed by atoms with Crippen LogP contribution in [0.15, 0.2) is 108 Å². The zero-order chi connectivity index (χ0) is 31.3. The molecule has 5 nitrogen and oxygen atoms in total. The maximum absolute atomic E-state index is 13.5. The van der Waals surface area contributed by atoms with E-state index in [9.17, 15) is 9.59 Å². The van der Waals surface area contributed by atoms with Gasteiger partial charge in [0.15, 0.2) is 0 Å². The number of fused-ring (bicyclic) bond motifs is 1. The zero-order valence-electron chi connectivity index (χ0n) is 26.2. The highest BCUT2D eigenvalue weighted by Gasteiger charge is 2.19. The first-order valence-electron chi connectivity index (χ1n) is 15.2. The van der Waals surface area contributed by atoms with Crippen molar-refractivity contribution in [2.75, 3.05) is 11.9 Å². The van der Waals surface area contributed by atoms with Gasteiger partial charge >= 0.3 is 0 Å². The molecule has 0 saturated heterocycles. The highest BCUT2D eigenvalue weighted by molar-refractivity contribution is 7.98. The summed E-state index contributed by atoms with van der Waals surface area (Å²) in [6.45, 7) is 11.9. The summed E-state index contributed by atoms with van der Waals surface area (Å²) < 4.78 is 2.07. The minimum absolute atomic E-state index is 0.0719. The second-order valence-corrected chi connectivity index (χ2v) is 13.7. The van der Waals surface area contributed by atoms with E-state index in [1.165, 1.54) is 11.1 Å². The second-order valence-electron chi connectivity index (χ2n) is 12.7. The Labute approximate surface area is 265 Å². The lowest BCUT2D eigenvalue weighted by Crippen LogP contribution is -2.29. The predicted molar refractivity (Wildman–Crippen MR) is 184 cm³/mol. The Kier molecular flexibility index (Phi) is 9.60. The molecule has 226 valence electrons. The average molecular weight is 604 g/mol. The minimum atomic E-state index is -0.159. The zero-order valence-corrected chi connectivity index (χ0v) is 27.0. The molecule has 1 heterocycles. The summed E-state index contributed by atoms with van der Waals surface area (Å²) in [6, 6.07) is 34.3. The van der Waals surface area contributed by atoms with Crippen LogP contribution < -0.4 is 10.6 Å². The molecule has 0 radical (unpaired) electrons. The van der Waals surface area contributed by atoms with Gasteiger partial charge in [-0.15, -0.1) is 11.8 Å². The summed E-state index contributed by atoms with van der Waals surface area (Å²) in [7, 11) is 0. The number of amides is 2. The lowest BCUT2D eigenvalue weighted by molar-refractivity contribution is 0.0940. The topological polar surface area (TPSA) is 63.1 Å². The Morgan fingerprint density at radius 3 is 2.20 bits per heavy atom. The fraction of sp³-hybridized carbons (Fsp3) is 0.263. The van der Waals surface area contributed by atoms with Crippen molar-refractivity contribution in [3.8, 4) is 0 Å². The summed E-state index contributed by atoms with van der Waals surface area (Å²) >= 11 is 1.65. The average Bonchev–Trinajstić information content (AvgIpc) is 3.36. The molecule has 1 aromatic heterocycles. The van der Waals surface area contributed by atoms with Gasteiger partial charge in [0, 0.05) is 40.3 Å². The second kappa shape index (κ2) is 13.6. The first-order chi connectivity index (χ1) is 21.1. The van der Waals surface area contributed by atoms with Gasteiger partial charge in [0.2, 0.25) is 0 Å². The van der Waals surface area contributed by atoms with Crippen molar-refractivity contribution in [2.45, 2.75) is 57.2 Å². The Hall–Kier alpha value is -4.29. The number of nitrogens with one attached hydrogen (secondary N) is 2. The van der Waals surface area contributed by atoms with Crippen molar-refractivity contribution in [1.29, 1.82) is 0 Å². The lowest BCUT2D eigenvalue weighted by atomic mass is 9.87. The molecule has 0 saturated carbocycles. The molecule has 2 N–H and O–H groups in total. The molecule has 0 fully saturated rings. The lowest BCUT2D eigenvalue weighted by Gasteiger charge is -2.19. The van der Waals surface area contributed by atoms with Gasteiger partial charge in [-0.3, -0.25) is 9.59 Å². The molecular formula is C38H41N3O2S. The summed E-state index contributed by atoms with van der Waals surface area (Å²) in [5.41, 5.74) is 6.54. The van der Waals surface area contributed by atoms with Crippen molar-refractivity contribution < 1.29 is 9.59 Å². The molecule has 5 aromatic rings. The summed E-state index contributed by atoms with van der Waals surface area (Å²) in [6.07, 6.45) is 0. The number of aromatic nitrogens is 1. The van der Waals surface area contributed by atoms with Crippen molar-refractivity contribution in [2.24, 2.45) is 5.92 Å². The molecule has 6 heteroatoms. The van der Waals surface area contributed by atoms with Crippen LogP contribution in [0.4, 0.5) is 5.69 Å². The number of nitrogens with zero attached hydrogens (tertiary/aromatic N) is 1. The molecule has 0 spiro atoms. The molecule has 2 amide bonds. The van der Waals surface area contributed by atoms with Crippen LogP contribution in [0.5, 0.6) is 0 Å². The quantitative estimate of drug-likeness (QED) is 0.157. The van der Waals surface area contributed by atoms with Crippen LogP contribution in [0, 0.1) is 5.92 Å². The predicted octanol–water partition coefficient (Wildman–Crippen LogP) is 8.92. The highest BCUT2D eigenvalue weighted by atomic mass is 32.2. The third kappa shape index (κ3) is 7.61. The molecule has 0 unspecified atom stereocenters. The van der Waals surface area contributed by atoms with Crippen LogP contribution in [0.1, 0.15) is 72.2 Å². The molecule has 4 aromatic carbocycles. The summed E-state index contributed by atoms with van der Waals surface area (Å²) in [4.78, 5) is 27.8. The van der Waals surface area contributed by atoms with E-state index in [1.54, 1.807) is 11.8 Å². The van der Waals surface area contributed by atoms with Crippen molar-refractivity contribution in [3.63, 3.8) is 0 Å². The van der Waals surface area contributed by atoms with Gasteiger partial charge in [-0.25, -0.2) is 0 Å². The molecule has 0 aliphatic carbocycles. The van der Waals surface area contributed by atoms with E-state index in [1.807, 2.05) is 66.7 Å². The number of benzene rings is 4. The van der Waals surface area contributed by atoms with E-state index < -0.39 is 0 Å². The van der Waals surface area contributed by atoms with E-state index >= 15 is 0 Å². The van der Waals surface area contributed by atoms with Gasteiger partial charge in [0.1, 0.15) is 5.69 Å². The molecule has 0 aliphatic heterocycles. The first kappa shape index (κ1) is 31.1. The van der Waals surface area contributed by atoms with Crippen LogP contribution in [0.2, 0.25) is 0 Å². The normalized spacial score (nSPS) is 11.6. The third-order valence-corrected chi connectivity index (χ3v) is 8.74.